The van der Waals surface area contributed by atoms with Crippen molar-refractivity contribution in [2.24, 2.45) is 28.1 Å². The standard InChI is InChI=1S/C24H34O2/c1-15-14-23-11-12-24(15,16(2)25)22(23,3)10-9-20-19-7-6-18(26-4)13-17(19)5-8-21(20)23/h6-7,13,15-16,20-21,25H,5,8-12,14H2,1-4H3/t15?,16?,20-,21-,22+,23?,24-/m1/s1. The van der Waals surface area contributed by atoms with Crippen LogP contribution in [-0.2, 0) is 6.42 Å². The van der Waals surface area contributed by atoms with Crippen molar-refractivity contribution < 1.29 is 9.84 Å². The van der Waals surface area contributed by atoms with Crippen LogP contribution in [0.4, 0.5) is 0 Å². The van der Waals surface area contributed by atoms with Gasteiger partial charge < -0.3 is 9.84 Å². The maximum atomic E-state index is 10.9. The zero-order valence-electron chi connectivity index (χ0n) is 16.8. The van der Waals surface area contributed by atoms with E-state index in [4.69, 9.17) is 4.74 Å². The Labute approximate surface area is 158 Å². The average molecular weight is 355 g/mol. The van der Waals surface area contributed by atoms with Crippen molar-refractivity contribution in [3.05, 3.63) is 29.3 Å². The van der Waals surface area contributed by atoms with E-state index in [1.165, 1.54) is 50.5 Å². The molecule has 0 saturated heterocycles. The molecule has 5 rings (SSSR count). The molecule has 2 nitrogen and oxygen atoms in total. The van der Waals surface area contributed by atoms with Crippen molar-refractivity contribution >= 4 is 0 Å². The Balaban J connectivity index is 1.59. The van der Waals surface area contributed by atoms with E-state index in [2.05, 4.69) is 39.0 Å². The van der Waals surface area contributed by atoms with Gasteiger partial charge in [0.15, 0.2) is 0 Å². The summed E-state index contributed by atoms with van der Waals surface area (Å²) in [6.07, 6.45) is 8.83. The quantitative estimate of drug-likeness (QED) is 0.778. The molecular weight excluding hydrogens is 320 g/mol. The van der Waals surface area contributed by atoms with Gasteiger partial charge in [-0.1, -0.05) is 19.9 Å². The van der Waals surface area contributed by atoms with Crippen molar-refractivity contribution in [2.75, 3.05) is 7.11 Å². The fraction of sp³-hybridized carbons (Fsp3) is 0.750. The topological polar surface area (TPSA) is 29.5 Å². The number of rotatable bonds is 2. The van der Waals surface area contributed by atoms with Crippen molar-refractivity contribution in [1.29, 1.82) is 0 Å². The maximum absolute atomic E-state index is 10.9. The molecule has 4 aliphatic carbocycles. The first-order valence-electron chi connectivity index (χ1n) is 10.7. The first kappa shape index (κ1) is 17.1. The molecule has 1 N–H and O–H groups in total. The van der Waals surface area contributed by atoms with Crippen molar-refractivity contribution in [1.82, 2.24) is 0 Å². The molecule has 0 aromatic heterocycles. The predicted molar refractivity (Wildman–Crippen MR) is 104 cm³/mol. The molecule has 3 fully saturated rings. The molecule has 0 amide bonds. The minimum atomic E-state index is -0.177. The first-order chi connectivity index (χ1) is 12.4. The molecular formula is C24H34O2. The fourth-order valence-corrected chi connectivity index (χ4v) is 9.08. The van der Waals surface area contributed by atoms with E-state index < -0.39 is 0 Å². The van der Waals surface area contributed by atoms with Gasteiger partial charge in [-0.3, -0.25) is 0 Å². The van der Waals surface area contributed by atoms with Gasteiger partial charge >= 0.3 is 0 Å². The summed E-state index contributed by atoms with van der Waals surface area (Å²) in [5.74, 6) is 3.17. The second-order valence-corrected chi connectivity index (χ2v) is 10.2. The number of methoxy groups -OCH3 is 1. The highest BCUT2D eigenvalue weighted by Crippen LogP contribution is 2.82. The monoisotopic (exact) mass is 354 g/mol. The number of benzene rings is 1. The van der Waals surface area contributed by atoms with Gasteiger partial charge in [0.1, 0.15) is 5.75 Å². The predicted octanol–water partition coefficient (Wildman–Crippen LogP) is 5.33. The number of fused-ring (bicyclic) bond motifs is 3. The van der Waals surface area contributed by atoms with Gasteiger partial charge in [-0.25, -0.2) is 0 Å². The molecule has 1 aromatic carbocycles. The zero-order valence-corrected chi connectivity index (χ0v) is 16.8. The van der Waals surface area contributed by atoms with Crippen LogP contribution in [0.5, 0.6) is 5.75 Å². The lowest BCUT2D eigenvalue weighted by molar-refractivity contribution is -0.101. The highest BCUT2D eigenvalue weighted by atomic mass is 16.5. The summed E-state index contributed by atoms with van der Waals surface area (Å²) in [4.78, 5) is 0. The van der Waals surface area contributed by atoms with E-state index >= 15 is 0 Å². The van der Waals surface area contributed by atoms with E-state index in [0.717, 1.165) is 11.7 Å². The number of ether oxygens (including phenoxy) is 1. The number of aliphatic hydroxyl groups is 1. The number of hydrogen-bond acceptors (Lipinski definition) is 2. The van der Waals surface area contributed by atoms with Crippen LogP contribution in [0.3, 0.4) is 0 Å². The summed E-state index contributed by atoms with van der Waals surface area (Å²) in [5.41, 5.74) is 4.05. The summed E-state index contributed by atoms with van der Waals surface area (Å²) in [6, 6.07) is 6.81. The van der Waals surface area contributed by atoms with Crippen LogP contribution in [0.25, 0.3) is 0 Å². The van der Waals surface area contributed by atoms with Crippen molar-refractivity contribution in [2.45, 2.75) is 77.7 Å². The van der Waals surface area contributed by atoms with Gasteiger partial charge in [-0.2, -0.15) is 0 Å². The van der Waals surface area contributed by atoms with Crippen LogP contribution < -0.4 is 4.74 Å². The third-order valence-electron chi connectivity index (χ3n) is 10.0. The average Bonchev–Trinajstić information content (AvgIpc) is 3.02. The lowest BCUT2D eigenvalue weighted by atomic mass is 9.46. The maximum Gasteiger partial charge on any atom is 0.119 e. The fourth-order valence-electron chi connectivity index (χ4n) is 9.08. The highest BCUT2D eigenvalue weighted by molar-refractivity contribution is 5.42. The third-order valence-corrected chi connectivity index (χ3v) is 10.0. The Hall–Kier alpha value is -1.02. The molecule has 26 heavy (non-hydrogen) atoms. The lowest BCUT2D eigenvalue weighted by Crippen LogP contribution is -2.52. The van der Waals surface area contributed by atoms with Gasteiger partial charge in [-0.15, -0.1) is 0 Å². The van der Waals surface area contributed by atoms with E-state index in [0.29, 0.717) is 22.7 Å². The molecule has 7 atom stereocenters. The molecule has 142 valence electrons. The molecule has 3 unspecified atom stereocenters. The van der Waals surface area contributed by atoms with Gasteiger partial charge in [0.2, 0.25) is 0 Å². The minimum Gasteiger partial charge on any atom is -0.497 e. The summed E-state index contributed by atoms with van der Waals surface area (Å²) < 4.78 is 5.48. The van der Waals surface area contributed by atoms with Crippen molar-refractivity contribution in [3.8, 4) is 5.75 Å². The largest absolute Gasteiger partial charge is 0.497 e. The Kier molecular flexibility index (Phi) is 3.47. The van der Waals surface area contributed by atoms with E-state index in [9.17, 15) is 5.11 Å². The number of aliphatic hydroxyl groups excluding tert-OH is 1. The Morgan fingerprint density at radius 2 is 2.00 bits per heavy atom. The first-order valence-corrected chi connectivity index (χ1v) is 10.7. The van der Waals surface area contributed by atoms with E-state index in [1.807, 2.05) is 0 Å². The number of aryl methyl sites for hydroxylation is 1. The second kappa shape index (κ2) is 5.28. The Morgan fingerprint density at radius 1 is 1.19 bits per heavy atom. The molecule has 1 aromatic rings. The van der Waals surface area contributed by atoms with Gasteiger partial charge in [0.25, 0.3) is 0 Å². The SMILES string of the molecule is COc1ccc2c(c1)CC[C@@H]1[C@@H]2CC[C@@]2(C)C13CC[C@]2(C(C)O)C(C)C3. The van der Waals surface area contributed by atoms with E-state index in [-0.39, 0.29) is 11.5 Å². The Bertz CT molecular complexity index is 740. The lowest BCUT2D eigenvalue weighted by Gasteiger charge is -2.58. The third kappa shape index (κ3) is 1.69. The second-order valence-electron chi connectivity index (χ2n) is 10.2. The van der Waals surface area contributed by atoms with Crippen LogP contribution in [0.2, 0.25) is 0 Å². The number of hydrogen-bond donors (Lipinski definition) is 1. The molecule has 0 spiro atoms. The van der Waals surface area contributed by atoms with Crippen LogP contribution >= 0.6 is 0 Å². The molecule has 2 heteroatoms. The van der Waals surface area contributed by atoms with E-state index in [1.54, 1.807) is 12.7 Å². The van der Waals surface area contributed by atoms with Gasteiger partial charge in [0.05, 0.1) is 13.2 Å². The van der Waals surface area contributed by atoms with Crippen LogP contribution in [0, 0.1) is 28.1 Å². The zero-order chi connectivity index (χ0) is 18.3. The molecule has 0 aliphatic heterocycles. The van der Waals surface area contributed by atoms with Crippen LogP contribution in [0.15, 0.2) is 18.2 Å². The summed E-state index contributed by atoms with van der Waals surface area (Å²) in [7, 11) is 1.77. The molecule has 4 aliphatic rings. The summed E-state index contributed by atoms with van der Waals surface area (Å²) in [6.45, 7) is 7.08. The summed E-state index contributed by atoms with van der Waals surface area (Å²) >= 11 is 0. The Morgan fingerprint density at radius 3 is 2.69 bits per heavy atom. The minimum absolute atomic E-state index is 0.151. The summed E-state index contributed by atoms with van der Waals surface area (Å²) in [5, 5.41) is 10.9. The molecule has 2 bridgehead atoms. The van der Waals surface area contributed by atoms with Crippen LogP contribution in [-0.4, -0.2) is 18.3 Å². The molecule has 0 radical (unpaired) electrons. The van der Waals surface area contributed by atoms with Gasteiger partial charge in [-0.05, 0) is 104 Å². The van der Waals surface area contributed by atoms with Crippen LogP contribution in [0.1, 0.15) is 76.3 Å². The highest BCUT2D eigenvalue weighted by Gasteiger charge is 2.76. The molecule has 0 heterocycles. The van der Waals surface area contributed by atoms with Gasteiger partial charge in [0, 0.05) is 5.41 Å². The molecule has 3 saturated carbocycles. The normalized spacial score (nSPS) is 47.0. The van der Waals surface area contributed by atoms with Crippen molar-refractivity contribution in [3.63, 3.8) is 0 Å². The smallest absolute Gasteiger partial charge is 0.119 e.